The zero-order valence-corrected chi connectivity index (χ0v) is 12.2. The standard InChI is InChI=1S/C15H19N3O3/c1-18-9-12(17-11-18)7-8-16-15(19)10-21-14-6-4-3-5-13(14)20-2/h3-6,9,11H,7-8,10H2,1-2H3,(H,16,19). The van der Waals surface area contributed by atoms with Gasteiger partial charge in [-0.05, 0) is 12.1 Å². The van der Waals surface area contributed by atoms with E-state index < -0.39 is 0 Å². The fourth-order valence-corrected chi connectivity index (χ4v) is 1.86. The Bertz CT molecular complexity index is 595. The number of ether oxygens (including phenoxy) is 2. The van der Waals surface area contributed by atoms with Gasteiger partial charge in [0.15, 0.2) is 18.1 Å². The first-order valence-electron chi connectivity index (χ1n) is 6.68. The molecule has 2 rings (SSSR count). The maximum absolute atomic E-state index is 11.7. The molecule has 1 aromatic heterocycles. The van der Waals surface area contributed by atoms with Crippen LogP contribution < -0.4 is 14.8 Å². The van der Waals surface area contributed by atoms with E-state index in [1.165, 1.54) is 0 Å². The molecule has 0 aliphatic heterocycles. The Kier molecular flexibility index (Phi) is 5.20. The number of methoxy groups -OCH3 is 1. The molecule has 6 nitrogen and oxygen atoms in total. The summed E-state index contributed by atoms with van der Waals surface area (Å²) in [7, 11) is 3.48. The highest BCUT2D eigenvalue weighted by Crippen LogP contribution is 2.25. The monoisotopic (exact) mass is 289 g/mol. The molecule has 0 saturated heterocycles. The van der Waals surface area contributed by atoms with E-state index in [2.05, 4.69) is 10.3 Å². The summed E-state index contributed by atoms with van der Waals surface area (Å²) < 4.78 is 12.5. The molecule has 0 fully saturated rings. The van der Waals surface area contributed by atoms with Gasteiger partial charge in [0.05, 0.1) is 19.1 Å². The number of aromatic nitrogens is 2. The van der Waals surface area contributed by atoms with Gasteiger partial charge < -0.3 is 19.4 Å². The largest absolute Gasteiger partial charge is 0.493 e. The SMILES string of the molecule is COc1ccccc1OCC(=O)NCCc1cn(C)cn1. The van der Waals surface area contributed by atoms with E-state index in [1.807, 2.05) is 29.9 Å². The third kappa shape index (κ3) is 4.52. The van der Waals surface area contributed by atoms with Crippen LogP contribution in [-0.2, 0) is 18.3 Å². The maximum Gasteiger partial charge on any atom is 0.257 e. The van der Waals surface area contributed by atoms with E-state index in [4.69, 9.17) is 9.47 Å². The average Bonchev–Trinajstić information content (AvgIpc) is 2.91. The molecule has 0 bridgehead atoms. The lowest BCUT2D eigenvalue weighted by Crippen LogP contribution is -2.30. The van der Waals surface area contributed by atoms with Crippen molar-refractivity contribution in [2.75, 3.05) is 20.3 Å². The van der Waals surface area contributed by atoms with Crippen LogP contribution in [0.4, 0.5) is 0 Å². The number of para-hydroxylation sites is 2. The van der Waals surface area contributed by atoms with Crippen LogP contribution in [0.5, 0.6) is 11.5 Å². The van der Waals surface area contributed by atoms with Crippen LogP contribution in [0.2, 0.25) is 0 Å². The smallest absolute Gasteiger partial charge is 0.257 e. The van der Waals surface area contributed by atoms with Gasteiger partial charge >= 0.3 is 0 Å². The van der Waals surface area contributed by atoms with Crippen molar-refractivity contribution in [3.8, 4) is 11.5 Å². The second-order valence-electron chi connectivity index (χ2n) is 4.57. The van der Waals surface area contributed by atoms with Crippen molar-refractivity contribution >= 4 is 5.91 Å². The molecule has 1 N–H and O–H groups in total. The highest BCUT2D eigenvalue weighted by molar-refractivity contribution is 5.77. The molecule has 2 aromatic rings. The second kappa shape index (κ2) is 7.33. The lowest BCUT2D eigenvalue weighted by atomic mass is 10.3. The van der Waals surface area contributed by atoms with Crippen molar-refractivity contribution in [1.29, 1.82) is 0 Å². The van der Waals surface area contributed by atoms with Gasteiger partial charge in [0, 0.05) is 26.2 Å². The summed E-state index contributed by atoms with van der Waals surface area (Å²) in [6.45, 7) is 0.494. The van der Waals surface area contributed by atoms with Crippen molar-refractivity contribution in [2.24, 2.45) is 7.05 Å². The Labute approximate surface area is 123 Å². The number of carbonyl (C=O) groups is 1. The van der Waals surface area contributed by atoms with E-state index in [1.54, 1.807) is 25.6 Å². The molecular formula is C15H19N3O3. The summed E-state index contributed by atoms with van der Waals surface area (Å²) in [4.78, 5) is 15.9. The fraction of sp³-hybridized carbons (Fsp3) is 0.333. The zero-order valence-electron chi connectivity index (χ0n) is 12.2. The highest BCUT2D eigenvalue weighted by Gasteiger charge is 2.06. The first-order chi connectivity index (χ1) is 10.2. The van der Waals surface area contributed by atoms with Gasteiger partial charge in [-0.2, -0.15) is 0 Å². The third-order valence-corrected chi connectivity index (χ3v) is 2.89. The molecule has 0 radical (unpaired) electrons. The van der Waals surface area contributed by atoms with Crippen LogP contribution in [-0.4, -0.2) is 35.7 Å². The van der Waals surface area contributed by atoms with E-state index in [-0.39, 0.29) is 12.5 Å². The summed E-state index contributed by atoms with van der Waals surface area (Å²) in [5.41, 5.74) is 0.948. The molecule has 6 heteroatoms. The number of benzene rings is 1. The van der Waals surface area contributed by atoms with E-state index in [0.29, 0.717) is 24.5 Å². The third-order valence-electron chi connectivity index (χ3n) is 2.89. The van der Waals surface area contributed by atoms with Gasteiger partial charge in [-0.15, -0.1) is 0 Å². The number of nitrogens with zero attached hydrogens (tertiary/aromatic N) is 2. The van der Waals surface area contributed by atoms with Crippen LogP contribution in [0.3, 0.4) is 0 Å². The minimum absolute atomic E-state index is 0.0391. The number of amides is 1. The van der Waals surface area contributed by atoms with Crippen molar-refractivity contribution in [3.05, 3.63) is 42.5 Å². The fourth-order valence-electron chi connectivity index (χ4n) is 1.86. The van der Waals surface area contributed by atoms with Crippen molar-refractivity contribution < 1.29 is 14.3 Å². The average molecular weight is 289 g/mol. The summed E-state index contributed by atoms with van der Waals surface area (Å²) in [6, 6.07) is 7.23. The molecule has 0 unspecified atom stereocenters. The lowest BCUT2D eigenvalue weighted by Gasteiger charge is -2.10. The van der Waals surface area contributed by atoms with Crippen LogP contribution in [0.25, 0.3) is 0 Å². The molecule has 0 aliphatic carbocycles. The molecular weight excluding hydrogens is 270 g/mol. The molecule has 0 atom stereocenters. The van der Waals surface area contributed by atoms with E-state index in [0.717, 1.165) is 5.69 Å². The molecule has 112 valence electrons. The summed E-state index contributed by atoms with van der Waals surface area (Å²) in [6.07, 6.45) is 4.36. The first-order valence-corrected chi connectivity index (χ1v) is 6.68. The van der Waals surface area contributed by atoms with Gasteiger partial charge in [0.1, 0.15) is 0 Å². The van der Waals surface area contributed by atoms with E-state index in [9.17, 15) is 4.79 Å². The summed E-state index contributed by atoms with van der Waals surface area (Å²) in [5, 5.41) is 2.79. The van der Waals surface area contributed by atoms with Crippen molar-refractivity contribution in [3.63, 3.8) is 0 Å². The van der Waals surface area contributed by atoms with Gasteiger partial charge in [0.2, 0.25) is 0 Å². The number of imidazole rings is 1. The molecule has 1 heterocycles. The zero-order chi connectivity index (χ0) is 15.1. The van der Waals surface area contributed by atoms with Gasteiger partial charge in [-0.25, -0.2) is 4.98 Å². The number of rotatable bonds is 7. The second-order valence-corrected chi connectivity index (χ2v) is 4.57. The van der Waals surface area contributed by atoms with Crippen LogP contribution in [0.1, 0.15) is 5.69 Å². The number of aryl methyl sites for hydroxylation is 1. The van der Waals surface area contributed by atoms with Crippen molar-refractivity contribution in [2.45, 2.75) is 6.42 Å². The van der Waals surface area contributed by atoms with Gasteiger partial charge in [-0.1, -0.05) is 12.1 Å². The van der Waals surface area contributed by atoms with E-state index >= 15 is 0 Å². The Morgan fingerprint density at radius 2 is 2.10 bits per heavy atom. The number of carbonyl (C=O) groups excluding carboxylic acids is 1. The molecule has 0 spiro atoms. The highest BCUT2D eigenvalue weighted by atomic mass is 16.5. The first kappa shape index (κ1) is 14.9. The maximum atomic E-state index is 11.7. The summed E-state index contributed by atoms with van der Waals surface area (Å²) in [5.74, 6) is 0.996. The Balaban J connectivity index is 1.72. The topological polar surface area (TPSA) is 65.4 Å². The molecule has 1 aromatic carbocycles. The van der Waals surface area contributed by atoms with Crippen molar-refractivity contribution in [1.82, 2.24) is 14.9 Å². The minimum atomic E-state index is -0.170. The molecule has 21 heavy (non-hydrogen) atoms. The van der Waals surface area contributed by atoms with Crippen LogP contribution >= 0.6 is 0 Å². The minimum Gasteiger partial charge on any atom is -0.493 e. The Morgan fingerprint density at radius 1 is 1.33 bits per heavy atom. The quantitative estimate of drug-likeness (QED) is 0.831. The number of nitrogens with one attached hydrogen (secondary N) is 1. The van der Waals surface area contributed by atoms with Crippen LogP contribution in [0, 0.1) is 0 Å². The summed E-state index contributed by atoms with van der Waals surface area (Å²) >= 11 is 0. The van der Waals surface area contributed by atoms with Gasteiger partial charge in [-0.3, -0.25) is 4.79 Å². The molecule has 1 amide bonds. The Morgan fingerprint density at radius 3 is 2.76 bits per heavy atom. The number of hydrogen-bond donors (Lipinski definition) is 1. The normalized spacial score (nSPS) is 10.2. The molecule has 0 aliphatic rings. The molecule has 0 saturated carbocycles. The van der Waals surface area contributed by atoms with Crippen LogP contribution in [0.15, 0.2) is 36.8 Å². The predicted octanol–water partition coefficient (Wildman–Crippen LogP) is 1.17. The number of hydrogen-bond acceptors (Lipinski definition) is 4. The van der Waals surface area contributed by atoms with Gasteiger partial charge in [0.25, 0.3) is 5.91 Å². The Hall–Kier alpha value is -2.50. The predicted molar refractivity (Wildman–Crippen MR) is 78.4 cm³/mol. The lowest BCUT2D eigenvalue weighted by molar-refractivity contribution is -0.123.